The number of hydrogen-bond acceptors (Lipinski definition) is 4. The molecule has 2 amide bonds. The predicted molar refractivity (Wildman–Crippen MR) is 104 cm³/mol. The Morgan fingerprint density at radius 1 is 1.38 bits per heavy atom. The maximum absolute atomic E-state index is 12.1. The fourth-order valence-corrected chi connectivity index (χ4v) is 3.08. The SMILES string of the molecule is Cc1cc(Cl)ccc1NC(=O)NCc1ccc(N2CCOC(C)C2)nc1. The van der Waals surface area contributed by atoms with E-state index < -0.39 is 0 Å². The summed E-state index contributed by atoms with van der Waals surface area (Å²) in [7, 11) is 0. The third-order valence-corrected chi connectivity index (χ3v) is 4.50. The molecular weight excluding hydrogens is 352 g/mol. The highest BCUT2D eigenvalue weighted by atomic mass is 35.5. The van der Waals surface area contributed by atoms with Crippen molar-refractivity contribution in [1.29, 1.82) is 0 Å². The molecule has 6 nitrogen and oxygen atoms in total. The van der Waals surface area contributed by atoms with Gasteiger partial charge in [0.15, 0.2) is 0 Å². The smallest absolute Gasteiger partial charge is 0.319 e. The van der Waals surface area contributed by atoms with E-state index in [0.717, 1.165) is 42.3 Å². The summed E-state index contributed by atoms with van der Waals surface area (Å²) in [5.74, 6) is 0.935. The van der Waals surface area contributed by atoms with Gasteiger partial charge in [0, 0.05) is 36.5 Å². The lowest BCUT2D eigenvalue weighted by atomic mass is 10.2. The molecule has 138 valence electrons. The standard InChI is InChI=1S/C19H23ClN4O2/c1-13-9-16(20)4-5-17(13)23-19(25)22-11-15-3-6-18(21-10-15)24-7-8-26-14(2)12-24/h3-6,9-10,14H,7-8,11-12H2,1-2H3,(H2,22,23,25). The number of aromatic nitrogens is 1. The number of carbonyl (C=O) groups excluding carboxylic acids is 1. The van der Waals surface area contributed by atoms with Gasteiger partial charge in [-0.3, -0.25) is 0 Å². The number of morpholine rings is 1. The van der Waals surface area contributed by atoms with Crippen LogP contribution in [0.5, 0.6) is 0 Å². The van der Waals surface area contributed by atoms with E-state index in [0.29, 0.717) is 11.6 Å². The van der Waals surface area contributed by atoms with Crippen LogP contribution in [-0.4, -0.2) is 36.8 Å². The van der Waals surface area contributed by atoms with Gasteiger partial charge >= 0.3 is 6.03 Å². The Labute approximate surface area is 158 Å². The summed E-state index contributed by atoms with van der Waals surface area (Å²) in [6, 6.07) is 9.05. The van der Waals surface area contributed by atoms with Gasteiger partial charge in [0.1, 0.15) is 5.82 Å². The van der Waals surface area contributed by atoms with E-state index in [9.17, 15) is 4.79 Å². The van der Waals surface area contributed by atoms with E-state index in [2.05, 4.69) is 27.4 Å². The molecule has 1 aliphatic heterocycles. The molecule has 0 bridgehead atoms. The average molecular weight is 375 g/mol. The first-order chi connectivity index (χ1) is 12.5. The van der Waals surface area contributed by atoms with E-state index in [-0.39, 0.29) is 12.1 Å². The fraction of sp³-hybridized carbons (Fsp3) is 0.368. The van der Waals surface area contributed by atoms with Crippen LogP contribution >= 0.6 is 11.6 Å². The van der Waals surface area contributed by atoms with Crippen LogP contribution < -0.4 is 15.5 Å². The number of ether oxygens (including phenoxy) is 1. The van der Waals surface area contributed by atoms with Crippen LogP contribution in [0.3, 0.4) is 0 Å². The summed E-state index contributed by atoms with van der Waals surface area (Å²) >= 11 is 5.93. The van der Waals surface area contributed by atoms with Crippen molar-refractivity contribution in [1.82, 2.24) is 10.3 Å². The Hall–Kier alpha value is -2.31. The third kappa shape index (κ3) is 4.86. The first-order valence-electron chi connectivity index (χ1n) is 8.64. The molecule has 1 aliphatic rings. The fourth-order valence-electron chi connectivity index (χ4n) is 2.85. The minimum atomic E-state index is -0.262. The van der Waals surface area contributed by atoms with Crippen LogP contribution in [0.2, 0.25) is 5.02 Å². The third-order valence-electron chi connectivity index (χ3n) is 4.26. The van der Waals surface area contributed by atoms with Gasteiger partial charge in [-0.2, -0.15) is 0 Å². The highest BCUT2D eigenvalue weighted by Crippen LogP contribution is 2.19. The highest BCUT2D eigenvalue weighted by molar-refractivity contribution is 6.30. The highest BCUT2D eigenvalue weighted by Gasteiger charge is 2.17. The molecule has 3 rings (SSSR count). The van der Waals surface area contributed by atoms with Crippen molar-refractivity contribution in [2.24, 2.45) is 0 Å². The topological polar surface area (TPSA) is 66.5 Å². The molecule has 0 spiro atoms. The van der Waals surface area contributed by atoms with Crippen molar-refractivity contribution < 1.29 is 9.53 Å². The number of nitrogens with zero attached hydrogens (tertiary/aromatic N) is 2. The number of amides is 2. The van der Waals surface area contributed by atoms with Crippen LogP contribution in [0.25, 0.3) is 0 Å². The Balaban J connectivity index is 1.52. The molecule has 0 saturated carbocycles. The number of pyridine rings is 1. The first-order valence-corrected chi connectivity index (χ1v) is 9.01. The normalized spacial score (nSPS) is 17.0. The maximum Gasteiger partial charge on any atom is 0.319 e. The van der Waals surface area contributed by atoms with Crippen LogP contribution in [-0.2, 0) is 11.3 Å². The van der Waals surface area contributed by atoms with Crippen LogP contribution in [0.15, 0.2) is 36.5 Å². The van der Waals surface area contributed by atoms with Crippen LogP contribution in [0.4, 0.5) is 16.3 Å². The molecule has 1 saturated heterocycles. The summed E-state index contributed by atoms with van der Waals surface area (Å²) in [4.78, 5) is 18.8. The quantitative estimate of drug-likeness (QED) is 0.858. The van der Waals surface area contributed by atoms with Crippen molar-refractivity contribution >= 4 is 29.1 Å². The Bertz CT molecular complexity index is 767. The van der Waals surface area contributed by atoms with E-state index >= 15 is 0 Å². The van der Waals surface area contributed by atoms with E-state index in [1.54, 1.807) is 18.3 Å². The number of anilines is 2. The Kier molecular flexibility index (Phi) is 5.96. The largest absolute Gasteiger partial charge is 0.375 e. The number of urea groups is 1. The Morgan fingerprint density at radius 3 is 2.92 bits per heavy atom. The minimum Gasteiger partial charge on any atom is -0.375 e. The molecular formula is C19H23ClN4O2. The van der Waals surface area contributed by atoms with Crippen molar-refractivity contribution in [3.05, 3.63) is 52.7 Å². The van der Waals surface area contributed by atoms with Gasteiger partial charge in [-0.1, -0.05) is 17.7 Å². The zero-order valence-electron chi connectivity index (χ0n) is 15.0. The van der Waals surface area contributed by atoms with Gasteiger partial charge in [0.25, 0.3) is 0 Å². The lowest BCUT2D eigenvalue weighted by Crippen LogP contribution is -2.41. The second-order valence-electron chi connectivity index (χ2n) is 6.42. The molecule has 7 heteroatoms. The van der Waals surface area contributed by atoms with E-state index in [1.165, 1.54) is 0 Å². The predicted octanol–water partition coefficient (Wildman–Crippen LogP) is 3.59. The molecule has 2 N–H and O–H groups in total. The van der Waals surface area contributed by atoms with Gasteiger partial charge in [0.05, 0.1) is 12.7 Å². The molecule has 1 atom stereocenters. The lowest BCUT2D eigenvalue weighted by Gasteiger charge is -2.32. The average Bonchev–Trinajstić information content (AvgIpc) is 2.63. The molecule has 1 unspecified atom stereocenters. The summed E-state index contributed by atoms with van der Waals surface area (Å²) < 4.78 is 5.55. The van der Waals surface area contributed by atoms with Crippen molar-refractivity contribution in [3.8, 4) is 0 Å². The molecule has 1 fully saturated rings. The number of carbonyl (C=O) groups is 1. The first kappa shape index (κ1) is 18.5. The van der Waals surface area contributed by atoms with Gasteiger partial charge < -0.3 is 20.3 Å². The molecule has 26 heavy (non-hydrogen) atoms. The van der Waals surface area contributed by atoms with Crippen molar-refractivity contribution in [2.45, 2.75) is 26.5 Å². The number of benzene rings is 1. The summed E-state index contributed by atoms with van der Waals surface area (Å²) in [5, 5.41) is 6.31. The number of hydrogen-bond donors (Lipinski definition) is 2. The summed E-state index contributed by atoms with van der Waals surface area (Å²) in [5.41, 5.74) is 2.60. The second-order valence-corrected chi connectivity index (χ2v) is 6.86. The number of halogens is 1. The zero-order chi connectivity index (χ0) is 18.5. The number of aryl methyl sites for hydroxylation is 1. The molecule has 2 heterocycles. The van der Waals surface area contributed by atoms with E-state index in [4.69, 9.17) is 16.3 Å². The lowest BCUT2D eigenvalue weighted by molar-refractivity contribution is 0.0529. The molecule has 1 aromatic heterocycles. The van der Waals surface area contributed by atoms with Crippen LogP contribution in [0, 0.1) is 6.92 Å². The summed E-state index contributed by atoms with van der Waals surface area (Å²) in [6.45, 7) is 6.77. The summed E-state index contributed by atoms with van der Waals surface area (Å²) in [6.07, 6.45) is 2.01. The van der Waals surface area contributed by atoms with Gasteiger partial charge in [-0.15, -0.1) is 0 Å². The van der Waals surface area contributed by atoms with Gasteiger partial charge in [0.2, 0.25) is 0 Å². The molecule has 0 radical (unpaired) electrons. The van der Waals surface area contributed by atoms with Crippen molar-refractivity contribution in [2.75, 3.05) is 29.9 Å². The maximum atomic E-state index is 12.1. The number of nitrogens with one attached hydrogen (secondary N) is 2. The van der Waals surface area contributed by atoms with Crippen LogP contribution in [0.1, 0.15) is 18.1 Å². The monoisotopic (exact) mass is 374 g/mol. The van der Waals surface area contributed by atoms with E-state index in [1.807, 2.05) is 25.1 Å². The van der Waals surface area contributed by atoms with Crippen molar-refractivity contribution in [3.63, 3.8) is 0 Å². The molecule has 2 aromatic rings. The second kappa shape index (κ2) is 8.38. The Morgan fingerprint density at radius 2 is 2.23 bits per heavy atom. The molecule has 0 aliphatic carbocycles. The number of rotatable bonds is 4. The zero-order valence-corrected chi connectivity index (χ0v) is 15.7. The molecule has 1 aromatic carbocycles. The minimum absolute atomic E-state index is 0.215. The van der Waals surface area contributed by atoms with Gasteiger partial charge in [-0.05, 0) is 49.2 Å². The van der Waals surface area contributed by atoms with Gasteiger partial charge in [-0.25, -0.2) is 9.78 Å².